The van der Waals surface area contributed by atoms with Gasteiger partial charge in [0.1, 0.15) is 5.75 Å². The zero-order valence-electron chi connectivity index (χ0n) is 11.7. The summed E-state index contributed by atoms with van der Waals surface area (Å²) in [7, 11) is 1.76. The summed E-state index contributed by atoms with van der Waals surface area (Å²) in [6.07, 6.45) is 8.21. The lowest BCUT2D eigenvalue weighted by Gasteiger charge is -2.25. The summed E-state index contributed by atoms with van der Waals surface area (Å²) < 4.78 is 6.70. The third-order valence-electron chi connectivity index (χ3n) is 4.11. The van der Waals surface area contributed by atoms with Crippen LogP contribution in [0.1, 0.15) is 54.5 Å². The van der Waals surface area contributed by atoms with Crippen LogP contribution in [-0.2, 0) is 0 Å². The lowest BCUT2D eigenvalue weighted by molar-refractivity contribution is 0.335. The van der Waals surface area contributed by atoms with Crippen molar-refractivity contribution in [1.29, 1.82) is 0 Å². The van der Waals surface area contributed by atoms with Gasteiger partial charge >= 0.3 is 0 Å². The number of methoxy groups -OCH3 is 1. The first kappa shape index (κ1) is 15.4. The molecule has 0 bridgehead atoms. The number of rotatable bonds is 4. The van der Waals surface area contributed by atoms with Gasteiger partial charge in [0, 0.05) is 14.9 Å². The van der Waals surface area contributed by atoms with Crippen molar-refractivity contribution in [2.45, 2.75) is 50.3 Å². The molecule has 0 amide bonds. The molecular formula is C16H22Br2O. The number of halogens is 2. The van der Waals surface area contributed by atoms with Crippen LogP contribution in [0.3, 0.4) is 0 Å². The molecule has 1 aromatic rings. The van der Waals surface area contributed by atoms with Crippen molar-refractivity contribution in [3.8, 4) is 5.75 Å². The first-order valence-corrected chi connectivity index (χ1v) is 8.80. The largest absolute Gasteiger partial charge is 0.496 e. The van der Waals surface area contributed by atoms with E-state index in [9.17, 15) is 0 Å². The lowest BCUT2D eigenvalue weighted by atomic mass is 9.85. The molecule has 0 saturated heterocycles. The van der Waals surface area contributed by atoms with Gasteiger partial charge < -0.3 is 4.74 Å². The van der Waals surface area contributed by atoms with E-state index in [0.717, 1.165) is 16.1 Å². The van der Waals surface area contributed by atoms with Gasteiger partial charge in [0.15, 0.2) is 0 Å². The van der Waals surface area contributed by atoms with Gasteiger partial charge in [0.25, 0.3) is 0 Å². The molecule has 1 aromatic carbocycles. The molecule has 1 atom stereocenters. The van der Waals surface area contributed by atoms with E-state index in [-0.39, 0.29) is 0 Å². The van der Waals surface area contributed by atoms with Gasteiger partial charge in [-0.25, -0.2) is 0 Å². The van der Waals surface area contributed by atoms with Crippen molar-refractivity contribution in [2.75, 3.05) is 7.11 Å². The number of alkyl halides is 1. The van der Waals surface area contributed by atoms with Crippen LogP contribution in [0.4, 0.5) is 0 Å². The van der Waals surface area contributed by atoms with E-state index >= 15 is 0 Å². The molecule has 0 N–H and O–H groups in total. The Kier molecular flexibility index (Phi) is 5.76. The number of benzene rings is 1. The molecule has 0 heterocycles. The molecule has 3 heteroatoms. The number of hydrogen-bond donors (Lipinski definition) is 0. The number of hydrogen-bond acceptors (Lipinski definition) is 1. The summed E-state index contributed by atoms with van der Waals surface area (Å²) in [4.78, 5) is 0.391. The van der Waals surface area contributed by atoms with E-state index in [0.29, 0.717) is 4.83 Å². The van der Waals surface area contributed by atoms with Gasteiger partial charge in [0.2, 0.25) is 0 Å². The third-order valence-corrected chi connectivity index (χ3v) is 5.83. The highest BCUT2D eigenvalue weighted by Gasteiger charge is 2.21. The predicted octanol–water partition coefficient (Wildman–Crippen LogP) is 6.17. The highest BCUT2D eigenvalue weighted by Crippen LogP contribution is 2.41. The Labute approximate surface area is 133 Å². The van der Waals surface area contributed by atoms with Crippen LogP contribution in [0.2, 0.25) is 0 Å². The van der Waals surface area contributed by atoms with E-state index in [2.05, 4.69) is 50.9 Å². The molecule has 0 aromatic heterocycles. The van der Waals surface area contributed by atoms with Crippen LogP contribution in [-0.4, -0.2) is 7.11 Å². The maximum absolute atomic E-state index is 5.54. The summed E-state index contributed by atoms with van der Waals surface area (Å²) in [6, 6.07) is 4.32. The second kappa shape index (κ2) is 7.12. The Morgan fingerprint density at radius 1 is 1.26 bits per heavy atom. The molecule has 1 nitrogen and oxygen atoms in total. The van der Waals surface area contributed by atoms with Crippen LogP contribution in [0.25, 0.3) is 0 Å². The number of ether oxygens (including phenoxy) is 1. The molecule has 0 spiro atoms. The van der Waals surface area contributed by atoms with E-state index in [1.165, 1.54) is 49.7 Å². The standard InChI is InChI=1S/C16H22Br2O/c1-11-8-16(19-2)13(10-14(11)17)15(18)9-12-6-4-3-5-7-12/h8,10,12,15H,3-7,9H2,1-2H3. The quantitative estimate of drug-likeness (QED) is 0.559. The summed E-state index contributed by atoms with van der Waals surface area (Å²) >= 11 is 7.50. The van der Waals surface area contributed by atoms with E-state index in [1.807, 2.05) is 0 Å². The fourth-order valence-corrected chi connectivity index (χ4v) is 4.18. The molecule has 0 radical (unpaired) electrons. The minimum atomic E-state index is 0.391. The minimum Gasteiger partial charge on any atom is -0.496 e. The van der Waals surface area contributed by atoms with Gasteiger partial charge in [-0.05, 0) is 37.0 Å². The van der Waals surface area contributed by atoms with Crippen LogP contribution >= 0.6 is 31.9 Å². The second-order valence-electron chi connectivity index (χ2n) is 5.55. The summed E-state index contributed by atoms with van der Waals surface area (Å²) in [5, 5.41) is 0. The average molecular weight is 390 g/mol. The third kappa shape index (κ3) is 3.98. The molecule has 1 aliphatic carbocycles. The van der Waals surface area contributed by atoms with Crippen LogP contribution < -0.4 is 4.74 Å². The lowest BCUT2D eigenvalue weighted by Crippen LogP contribution is -2.09. The van der Waals surface area contributed by atoms with E-state index < -0.39 is 0 Å². The molecule has 106 valence electrons. The topological polar surface area (TPSA) is 9.23 Å². The molecule has 19 heavy (non-hydrogen) atoms. The fourth-order valence-electron chi connectivity index (χ4n) is 2.93. The monoisotopic (exact) mass is 388 g/mol. The summed E-state index contributed by atoms with van der Waals surface area (Å²) in [6.45, 7) is 2.10. The Bertz CT molecular complexity index is 425. The van der Waals surface area contributed by atoms with E-state index in [1.54, 1.807) is 7.11 Å². The second-order valence-corrected chi connectivity index (χ2v) is 7.51. The molecule has 2 rings (SSSR count). The van der Waals surface area contributed by atoms with Crippen molar-refractivity contribution in [2.24, 2.45) is 5.92 Å². The van der Waals surface area contributed by atoms with Crippen molar-refractivity contribution >= 4 is 31.9 Å². The van der Waals surface area contributed by atoms with Crippen LogP contribution in [0, 0.1) is 12.8 Å². The van der Waals surface area contributed by atoms with Gasteiger partial charge in [-0.3, -0.25) is 0 Å². The van der Waals surface area contributed by atoms with Crippen molar-refractivity contribution < 1.29 is 4.74 Å². The van der Waals surface area contributed by atoms with Gasteiger partial charge in [-0.15, -0.1) is 0 Å². The molecule has 1 aliphatic rings. The predicted molar refractivity (Wildman–Crippen MR) is 88.3 cm³/mol. The smallest absolute Gasteiger partial charge is 0.123 e. The van der Waals surface area contributed by atoms with Crippen LogP contribution in [0.5, 0.6) is 5.75 Å². The highest BCUT2D eigenvalue weighted by atomic mass is 79.9. The Morgan fingerprint density at radius 3 is 2.58 bits per heavy atom. The van der Waals surface area contributed by atoms with E-state index in [4.69, 9.17) is 4.74 Å². The van der Waals surface area contributed by atoms with Gasteiger partial charge in [-0.2, -0.15) is 0 Å². The van der Waals surface area contributed by atoms with Crippen molar-refractivity contribution in [3.05, 3.63) is 27.7 Å². The van der Waals surface area contributed by atoms with Crippen molar-refractivity contribution in [3.63, 3.8) is 0 Å². The zero-order chi connectivity index (χ0) is 13.8. The van der Waals surface area contributed by atoms with Gasteiger partial charge in [-0.1, -0.05) is 64.0 Å². The Morgan fingerprint density at radius 2 is 1.95 bits per heavy atom. The molecule has 1 saturated carbocycles. The highest BCUT2D eigenvalue weighted by molar-refractivity contribution is 9.10. The average Bonchev–Trinajstić information content (AvgIpc) is 2.42. The number of aryl methyl sites for hydroxylation is 1. The maximum atomic E-state index is 5.54. The molecule has 0 aliphatic heterocycles. The van der Waals surface area contributed by atoms with Crippen LogP contribution in [0.15, 0.2) is 16.6 Å². The molecular weight excluding hydrogens is 368 g/mol. The molecule has 1 unspecified atom stereocenters. The first-order chi connectivity index (χ1) is 9.11. The Hall–Kier alpha value is -0.0200. The van der Waals surface area contributed by atoms with Gasteiger partial charge in [0.05, 0.1) is 7.11 Å². The minimum absolute atomic E-state index is 0.391. The normalized spacial score (nSPS) is 18.3. The molecule has 1 fully saturated rings. The first-order valence-electron chi connectivity index (χ1n) is 7.10. The zero-order valence-corrected chi connectivity index (χ0v) is 14.9. The summed E-state index contributed by atoms with van der Waals surface area (Å²) in [5.74, 6) is 1.86. The maximum Gasteiger partial charge on any atom is 0.123 e. The fraction of sp³-hybridized carbons (Fsp3) is 0.625. The van der Waals surface area contributed by atoms with Crippen molar-refractivity contribution in [1.82, 2.24) is 0 Å². The SMILES string of the molecule is COc1cc(C)c(Br)cc1C(Br)CC1CCCCC1. The summed E-state index contributed by atoms with van der Waals surface area (Å²) in [5.41, 5.74) is 2.49. The Balaban J connectivity index is 2.13.